The minimum Gasteiger partial charge on any atom is -0.465 e. The molecule has 0 unspecified atom stereocenters. The number of nitrogens with one attached hydrogen (secondary N) is 1. The first-order valence-electron chi connectivity index (χ1n) is 8.55. The van der Waals surface area contributed by atoms with Crippen LogP contribution in [0.4, 0.5) is 5.69 Å². The molecule has 0 radical (unpaired) electrons. The molecule has 2 aromatic rings. The Hall–Kier alpha value is -3.15. The molecule has 6 heteroatoms. The molecule has 142 valence electrons. The van der Waals surface area contributed by atoms with Gasteiger partial charge in [0.2, 0.25) is 11.8 Å². The quantitative estimate of drug-likeness (QED) is 0.628. The van der Waals surface area contributed by atoms with Gasteiger partial charge in [0, 0.05) is 19.3 Å². The lowest BCUT2D eigenvalue weighted by atomic mass is 9.90. The van der Waals surface area contributed by atoms with Crippen LogP contribution in [-0.4, -0.2) is 36.8 Å². The molecule has 27 heavy (non-hydrogen) atoms. The van der Waals surface area contributed by atoms with Crippen molar-refractivity contribution in [2.75, 3.05) is 19.5 Å². The zero-order valence-corrected chi connectivity index (χ0v) is 16.0. The van der Waals surface area contributed by atoms with Crippen LogP contribution < -0.4 is 5.32 Å². The van der Waals surface area contributed by atoms with Gasteiger partial charge in [-0.2, -0.15) is 0 Å². The van der Waals surface area contributed by atoms with Gasteiger partial charge in [0.25, 0.3) is 0 Å². The van der Waals surface area contributed by atoms with Crippen LogP contribution in [0.2, 0.25) is 0 Å². The largest absolute Gasteiger partial charge is 0.465 e. The highest BCUT2D eigenvalue weighted by Gasteiger charge is 2.38. The molecule has 0 atom stereocenters. The van der Waals surface area contributed by atoms with Crippen molar-refractivity contribution < 1.29 is 19.1 Å². The number of hydrogen-bond acceptors (Lipinski definition) is 4. The van der Waals surface area contributed by atoms with Crippen molar-refractivity contribution in [1.29, 1.82) is 0 Å². The molecular formula is C21H24N2O4. The fourth-order valence-electron chi connectivity index (χ4n) is 2.63. The third-order valence-electron chi connectivity index (χ3n) is 4.25. The molecule has 0 saturated carbocycles. The van der Waals surface area contributed by atoms with E-state index in [4.69, 9.17) is 0 Å². The summed E-state index contributed by atoms with van der Waals surface area (Å²) in [5, 5.41) is 2.71. The molecule has 0 spiro atoms. The topological polar surface area (TPSA) is 75.7 Å². The second kappa shape index (κ2) is 8.49. The number of methoxy groups -OCH3 is 1. The number of rotatable bonds is 6. The van der Waals surface area contributed by atoms with Gasteiger partial charge in [-0.25, -0.2) is 4.79 Å². The van der Waals surface area contributed by atoms with Gasteiger partial charge in [-0.3, -0.25) is 9.59 Å². The van der Waals surface area contributed by atoms with Gasteiger partial charge >= 0.3 is 5.97 Å². The fourth-order valence-corrected chi connectivity index (χ4v) is 2.63. The van der Waals surface area contributed by atoms with Gasteiger partial charge in [0.05, 0.1) is 12.7 Å². The van der Waals surface area contributed by atoms with Crippen LogP contribution in [0.25, 0.3) is 0 Å². The highest BCUT2D eigenvalue weighted by Crippen LogP contribution is 2.23. The van der Waals surface area contributed by atoms with Gasteiger partial charge in [-0.05, 0) is 37.6 Å². The van der Waals surface area contributed by atoms with Gasteiger partial charge in [-0.15, -0.1) is 0 Å². The summed E-state index contributed by atoms with van der Waals surface area (Å²) in [6.07, 6.45) is 0. The lowest BCUT2D eigenvalue weighted by Crippen LogP contribution is -2.45. The Bertz CT molecular complexity index is 831. The van der Waals surface area contributed by atoms with Crippen molar-refractivity contribution in [2.24, 2.45) is 5.41 Å². The molecule has 0 aliphatic rings. The van der Waals surface area contributed by atoms with Crippen LogP contribution in [0.5, 0.6) is 0 Å². The maximum atomic E-state index is 12.8. The standard InChI is InChI=1S/C21H24N2O4/c1-21(2,20(26)23(3)14-15-9-6-5-7-10-15)19(25)22-17-12-8-11-16(13-17)18(24)27-4/h5-13H,14H2,1-4H3,(H,22,25). The number of carbonyl (C=O) groups is 3. The summed E-state index contributed by atoms with van der Waals surface area (Å²) in [5.41, 5.74) is 0.454. The van der Waals surface area contributed by atoms with E-state index < -0.39 is 17.3 Å². The number of esters is 1. The first kappa shape index (κ1) is 20.2. The molecule has 0 aromatic heterocycles. The second-order valence-corrected chi connectivity index (χ2v) is 6.80. The van der Waals surface area contributed by atoms with Crippen LogP contribution in [0.1, 0.15) is 29.8 Å². The molecule has 2 amide bonds. The number of ether oxygens (including phenoxy) is 1. The molecular weight excluding hydrogens is 344 g/mol. The monoisotopic (exact) mass is 368 g/mol. The van der Waals surface area contributed by atoms with E-state index in [9.17, 15) is 14.4 Å². The van der Waals surface area contributed by atoms with E-state index >= 15 is 0 Å². The first-order chi connectivity index (χ1) is 12.8. The van der Waals surface area contributed by atoms with Crippen molar-refractivity contribution in [2.45, 2.75) is 20.4 Å². The number of carbonyl (C=O) groups excluding carboxylic acids is 3. The summed E-state index contributed by atoms with van der Waals surface area (Å²) < 4.78 is 4.68. The maximum absolute atomic E-state index is 12.8. The smallest absolute Gasteiger partial charge is 0.337 e. The van der Waals surface area contributed by atoms with Crippen LogP contribution in [-0.2, 0) is 20.9 Å². The molecule has 1 N–H and O–H groups in total. The lowest BCUT2D eigenvalue weighted by molar-refractivity contribution is -0.145. The third kappa shape index (κ3) is 4.94. The molecule has 0 fully saturated rings. The highest BCUT2D eigenvalue weighted by atomic mass is 16.5. The average Bonchev–Trinajstić information content (AvgIpc) is 2.67. The number of nitrogens with zero attached hydrogens (tertiary/aromatic N) is 1. The van der Waals surface area contributed by atoms with Crippen LogP contribution in [0, 0.1) is 5.41 Å². The van der Waals surface area contributed by atoms with Gasteiger partial charge in [-0.1, -0.05) is 36.4 Å². The maximum Gasteiger partial charge on any atom is 0.337 e. The summed E-state index contributed by atoms with van der Waals surface area (Å²) in [6, 6.07) is 16.0. The Balaban J connectivity index is 2.09. The first-order valence-corrected chi connectivity index (χ1v) is 8.55. The molecule has 0 aliphatic carbocycles. The number of anilines is 1. The van der Waals surface area contributed by atoms with E-state index in [0.717, 1.165) is 5.56 Å². The summed E-state index contributed by atoms with van der Waals surface area (Å²) in [6.45, 7) is 3.57. The zero-order valence-electron chi connectivity index (χ0n) is 16.0. The van der Waals surface area contributed by atoms with E-state index in [2.05, 4.69) is 10.1 Å². The number of hydrogen-bond donors (Lipinski definition) is 1. The summed E-state index contributed by atoms with van der Waals surface area (Å²) in [4.78, 5) is 38.7. The van der Waals surface area contributed by atoms with Crippen LogP contribution in [0.3, 0.4) is 0 Å². The van der Waals surface area contributed by atoms with Gasteiger partial charge < -0.3 is 15.0 Å². The van der Waals surface area contributed by atoms with E-state index in [1.54, 1.807) is 39.1 Å². The molecule has 0 heterocycles. The summed E-state index contributed by atoms with van der Waals surface area (Å²) in [5.74, 6) is -1.24. The third-order valence-corrected chi connectivity index (χ3v) is 4.25. The van der Waals surface area contributed by atoms with Gasteiger partial charge in [0.1, 0.15) is 5.41 Å². The Morgan fingerprint density at radius 2 is 1.70 bits per heavy atom. The molecule has 6 nitrogen and oxygen atoms in total. The molecule has 0 saturated heterocycles. The van der Waals surface area contributed by atoms with Crippen LogP contribution >= 0.6 is 0 Å². The minimum atomic E-state index is -1.27. The highest BCUT2D eigenvalue weighted by molar-refractivity contribution is 6.10. The van der Waals surface area contributed by atoms with Crippen molar-refractivity contribution in [3.63, 3.8) is 0 Å². The molecule has 2 rings (SSSR count). The lowest BCUT2D eigenvalue weighted by Gasteiger charge is -2.28. The van der Waals surface area contributed by atoms with Gasteiger partial charge in [0.15, 0.2) is 0 Å². The van der Waals surface area contributed by atoms with Crippen molar-refractivity contribution in [3.05, 3.63) is 65.7 Å². The predicted octanol–water partition coefficient (Wildman–Crippen LogP) is 3.10. The Kier molecular flexibility index (Phi) is 6.34. The molecule has 2 aromatic carbocycles. The van der Waals surface area contributed by atoms with E-state index in [1.807, 2.05) is 30.3 Å². The number of amides is 2. The zero-order chi connectivity index (χ0) is 20.0. The minimum absolute atomic E-state index is 0.298. The fraction of sp³-hybridized carbons (Fsp3) is 0.286. The predicted molar refractivity (Wildman–Crippen MR) is 103 cm³/mol. The average molecular weight is 368 g/mol. The normalized spacial score (nSPS) is 10.8. The van der Waals surface area contributed by atoms with E-state index in [-0.39, 0.29) is 5.91 Å². The molecule has 0 bridgehead atoms. The molecule has 0 aliphatic heterocycles. The summed E-state index contributed by atoms with van der Waals surface area (Å²) in [7, 11) is 2.96. The van der Waals surface area contributed by atoms with Crippen molar-refractivity contribution in [3.8, 4) is 0 Å². The van der Waals surface area contributed by atoms with E-state index in [0.29, 0.717) is 17.8 Å². The Morgan fingerprint density at radius 1 is 1.04 bits per heavy atom. The SMILES string of the molecule is COC(=O)c1cccc(NC(=O)C(C)(C)C(=O)N(C)Cc2ccccc2)c1. The summed E-state index contributed by atoms with van der Waals surface area (Å²) >= 11 is 0. The second-order valence-electron chi connectivity index (χ2n) is 6.80. The number of benzene rings is 2. The Labute approximate surface area is 159 Å². The van der Waals surface area contributed by atoms with E-state index in [1.165, 1.54) is 18.1 Å². The van der Waals surface area contributed by atoms with Crippen molar-refractivity contribution >= 4 is 23.5 Å². The Morgan fingerprint density at radius 3 is 2.33 bits per heavy atom. The van der Waals surface area contributed by atoms with Crippen molar-refractivity contribution in [1.82, 2.24) is 4.90 Å². The van der Waals surface area contributed by atoms with Crippen LogP contribution in [0.15, 0.2) is 54.6 Å².